The molecule has 0 amide bonds. The number of hydrogen-bond acceptors (Lipinski definition) is 7. The molecule has 0 spiro atoms. The fraction of sp³-hybridized carbons (Fsp3) is 0.300. The third-order valence-electron chi connectivity index (χ3n) is 4.77. The van der Waals surface area contributed by atoms with Crippen molar-refractivity contribution in [2.24, 2.45) is 5.92 Å². The molecule has 168 valence electrons. The van der Waals surface area contributed by atoms with Crippen LogP contribution in [0, 0.1) is 17.2 Å². The van der Waals surface area contributed by atoms with E-state index in [-0.39, 0.29) is 69.1 Å². The molecule has 0 N–H and O–H groups in total. The summed E-state index contributed by atoms with van der Waals surface area (Å²) >= 11 is -0.280. The second kappa shape index (κ2) is 8.81. The summed E-state index contributed by atoms with van der Waals surface area (Å²) in [6.07, 6.45) is 0.847. The van der Waals surface area contributed by atoms with E-state index in [2.05, 4.69) is 9.97 Å². The fourth-order valence-corrected chi connectivity index (χ4v) is 5.28. The average Bonchev–Trinajstić information content (AvgIpc) is 3.14. The van der Waals surface area contributed by atoms with Gasteiger partial charge in [-0.3, -0.25) is 4.98 Å². The Morgan fingerprint density at radius 1 is 1.34 bits per heavy atom. The molecule has 1 aliphatic heterocycles. The molecular formula is C20H16F3IN5O3-. The van der Waals surface area contributed by atoms with Gasteiger partial charge in [0.15, 0.2) is 0 Å². The van der Waals surface area contributed by atoms with Crippen molar-refractivity contribution >= 4 is 5.82 Å². The monoisotopic (exact) mass is 558 g/mol. The van der Waals surface area contributed by atoms with Crippen LogP contribution in [0.25, 0.3) is 0 Å². The normalized spacial score (nSPS) is 18.1. The summed E-state index contributed by atoms with van der Waals surface area (Å²) in [5.74, 6) is 0.836. The number of fused-ring (bicyclic) bond motifs is 1. The summed E-state index contributed by atoms with van der Waals surface area (Å²) in [5.41, 5.74) is -1.03. The second-order valence-electron chi connectivity index (χ2n) is 6.98. The van der Waals surface area contributed by atoms with Gasteiger partial charge in [-0.15, -0.1) is 0 Å². The van der Waals surface area contributed by atoms with Crippen molar-refractivity contribution in [1.29, 1.82) is 5.26 Å². The Morgan fingerprint density at radius 2 is 2.16 bits per heavy atom. The van der Waals surface area contributed by atoms with Gasteiger partial charge in [0.25, 0.3) is 0 Å². The summed E-state index contributed by atoms with van der Waals surface area (Å²) in [7, 11) is 1.92. The van der Waals surface area contributed by atoms with Gasteiger partial charge in [0.05, 0.1) is 11.8 Å². The van der Waals surface area contributed by atoms with Crippen LogP contribution in [-0.4, -0.2) is 28.2 Å². The van der Waals surface area contributed by atoms with Crippen molar-refractivity contribution in [2.45, 2.75) is 17.1 Å². The van der Waals surface area contributed by atoms with Gasteiger partial charge in [0.2, 0.25) is 0 Å². The molecule has 0 radical (unpaired) electrons. The molecule has 2 aromatic rings. The maximum absolute atomic E-state index is 12.9. The number of anilines is 1. The van der Waals surface area contributed by atoms with Crippen LogP contribution in [0.1, 0.15) is 12.0 Å². The van der Waals surface area contributed by atoms with E-state index >= 15 is 0 Å². The molecule has 0 saturated heterocycles. The van der Waals surface area contributed by atoms with E-state index in [1.165, 1.54) is 6.08 Å². The number of nitrogens with zero attached hydrogens (tertiary/aromatic N) is 5. The van der Waals surface area contributed by atoms with Gasteiger partial charge in [-0.1, -0.05) is 0 Å². The molecule has 0 fully saturated rings. The summed E-state index contributed by atoms with van der Waals surface area (Å²) < 4.78 is 54.1. The SMILES string of the molecule is CN1[I-]Cn2c1cc(OCC1C=CC(Oc3cncc(C(F)(F)F)c3)=C(C#N)C1)nc2=O. The number of nitriles is 1. The second-order valence-corrected chi connectivity index (χ2v) is 9.79. The molecule has 4 rings (SSSR count). The maximum atomic E-state index is 12.9. The van der Waals surface area contributed by atoms with E-state index < -0.39 is 11.7 Å². The Labute approximate surface area is 191 Å². The number of ether oxygens (including phenoxy) is 2. The predicted octanol–water partition coefficient (Wildman–Crippen LogP) is -0.120. The Balaban J connectivity index is 1.43. The minimum absolute atomic E-state index is 0.114. The number of aromatic nitrogens is 3. The number of pyridine rings is 1. The molecule has 3 heterocycles. The van der Waals surface area contributed by atoms with Crippen molar-refractivity contribution in [1.82, 2.24) is 14.5 Å². The van der Waals surface area contributed by atoms with Crippen LogP contribution in [-0.2, 0) is 10.7 Å². The van der Waals surface area contributed by atoms with Gasteiger partial charge in [0.1, 0.15) is 0 Å². The first-order valence-electron chi connectivity index (χ1n) is 9.34. The van der Waals surface area contributed by atoms with Crippen molar-refractivity contribution in [3.63, 3.8) is 0 Å². The van der Waals surface area contributed by atoms with Crippen molar-refractivity contribution in [2.75, 3.05) is 16.8 Å². The van der Waals surface area contributed by atoms with E-state index in [1.807, 2.05) is 16.2 Å². The van der Waals surface area contributed by atoms with Crippen LogP contribution in [0.4, 0.5) is 19.0 Å². The molecule has 8 nitrogen and oxygen atoms in total. The first kappa shape index (κ1) is 22.1. The van der Waals surface area contributed by atoms with Crippen LogP contribution >= 0.6 is 0 Å². The van der Waals surface area contributed by atoms with E-state index in [1.54, 1.807) is 16.7 Å². The quantitative estimate of drug-likeness (QED) is 0.287. The Morgan fingerprint density at radius 3 is 2.91 bits per heavy atom. The first-order valence-corrected chi connectivity index (χ1v) is 11.8. The number of allylic oxidation sites excluding steroid dienone is 2. The van der Waals surface area contributed by atoms with E-state index in [0.717, 1.165) is 18.1 Å². The standard InChI is InChI=1S/C20H16F3IN5O3/c1-28-18-6-17(27-19(30)29(18)11-24-28)31-10-12-2-3-16(13(4-12)7-25)32-15-5-14(8-26-9-15)20(21,22)23/h2-3,5-6,8-9,12H,4,10-11H2,1H3/q-1. The molecule has 0 aromatic carbocycles. The molecule has 0 bridgehead atoms. The first-order chi connectivity index (χ1) is 15.2. The van der Waals surface area contributed by atoms with Crippen molar-refractivity contribution in [3.8, 4) is 17.7 Å². The van der Waals surface area contributed by atoms with E-state index in [0.29, 0.717) is 10.7 Å². The van der Waals surface area contributed by atoms with Gasteiger partial charge in [-0.2, -0.15) is 13.2 Å². The van der Waals surface area contributed by atoms with Crippen LogP contribution in [0.3, 0.4) is 0 Å². The van der Waals surface area contributed by atoms with Crippen molar-refractivity contribution in [3.05, 3.63) is 64.1 Å². The van der Waals surface area contributed by atoms with Crippen LogP contribution < -0.4 is 39.8 Å². The van der Waals surface area contributed by atoms with Crippen molar-refractivity contribution < 1.29 is 44.1 Å². The summed E-state index contributed by atoms with van der Waals surface area (Å²) in [6, 6.07) is 4.58. The molecule has 0 saturated carbocycles. The summed E-state index contributed by atoms with van der Waals surface area (Å²) in [4.78, 5) is 19.6. The topological polar surface area (TPSA) is 93.3 Å². The number of rotatable bonds is 5. The van der Waals surface area contributed by atoms with Gasteiger partial charge in [-0.25, -0.2) is 0 Å². The molecular weight excluding hydrogens is 542 g/mol. The summed E-state index contributed by atoms with van der Waals surface area (Å²) in [5, 5.41) is 9.48. The minimum atomic E-state index is -4.55. The van der Waals surface area contributed by atoms with Gasteiger partial charge in [-0.05, 0) is 6.07 Å². The van der Waals surface area contributed by atoms with E-state index in [4.69, 9.17) is 9.47 Å². The average molecular weight is 558 g/mol. The Kier molecular flexibility index (Phi) is 6.09. The van der Waals surface area contributed by atoms with Gasteiger partial charge >= 0.3 is 149 Å². The van der Waals surface area contributed by atoms with Gasteiger partial charge in [0, 0.05) is 6.20 Å². The van der Waals surface area contributed by atoms with Gasteiger partial charge < -0.3 is 0 Å². The fourth-order valence-electron chi connectivity index (χ4n) is 3.12. The molecule has 32 heavy (non-hydrogen) atoms. The summed E-state index contributed by atoms with van der Waals surface area (Å²) in [6.45, 7) is 0.175. The zero-order chi connectivity index (χ0) is 22.9. The zero-order valence-corrected chi connectivity index (χ0v) is 18.8. The zero-order valence-electron chi connectivity index (χ0n) is 16.6. The van der Waals surface area contributed by atoms with Crippen LogP contribution in [0.5, 0.6) is 11.6 Å². The number of alkyl halides is 4. The number of hydrogen-bond donors (Lipinski definition) is 0. The Hall–Kier alpha value is -3.08. The molecule has 12 heteroatoms. The van der Waals surface area contributed by atoms with Crippen LogP contribution in [0.15, 0.2) is 52.8 Å². The third-order valence-corrected chi connectivity index (χ3v) is 7.27. The number of halogens is 4. The molecule has 1 unspecified atom stereocenters. The molecule has 1 aliphatic carbocycles. The van der Waals surface area contributed by atoms with E-state index in [9.17, 15) is 23.2 Å². The third kappa shape index (κ3) is 4.72. The Bertz CT molecular complexity index is 1200. The predicted molar refractivity (Wildman–Crippen MR) is 102 cm³/mol. The molecule has 2 aromatic heterocycles. The molecule has 1 atom stereocenters. The van der Waals surface area contributed by atoms with Crippen LogP contribution in [0.2, 0.25) is 0 Å². The molecule has 2 aliphatic rings.